The van der Waals surface area contributed by atoms with Crippen LogP contribution in [0.2, 0.25) is 0 Å². The summed E-state index contributed by atoms with van der Waals surface area (Å²) in [5, 5.41) is 9.04. The lowest BCUT2D eigenvalue weighted by Crippen LogP contribution is -2.61. The molecule has 0 aliphatic heterocycles. The van der Waals surface area contributed by atoms with Crippen molar-refractivity contribution in [3.63, 3.8) is 0 Å². The summed E-state index contributed by atoms with van der Waals surface area (Å²) in [6.07, 6.45) is 7.83. The first kappa shape index (κ1) is 16.2. The SMILES string of the molecule is O=C(NC(=S)NC12CC3CC(CC(C3)C1)C2)c1cccc2ccccc12. The van der Waals surface area contributed by atoms with Crippen molar-refractivity contribution in [3.05, 3.63) is 48.0 Å². The Morgan fingerprint density at radius 3 is 2.23 bits per heavy atom. The lowest BCUT2D eigenvalue weighted by Gasteiger charge is -2.57. The van der Waals surface area contributed by atoms with Crippen LogP contribution >= 0.6 is 12.2 Å². The molecule has 134 valence electrons. The number of benzene rings is 2. The van der Waals surface area contributed by atoms with Crippen LogP contribution in [0.1, 0.15) is 48.9 Å². The molecule has 1 amide bonds. The topological polar surface area (TPSA) is 41.1 Å². The summed E-state index contributed by atoms with van der Waals surface area (Å²) in [5.74, 6) is 2.44. The standard InChI is InChI=1S/C22H24N2OS/c25-20(19-7-3-5-17-4-1-2-6-18(17)19)23-21(26)24-22-11-14-8-15(12-22)10-16(9-14)13-22/h1-7,14-16H,8-13H2,(H2,23,24,25,26). The molecule has 4 saturated carbocycles. The van der Waals surface area contributed by atoms with Gasteiger partial charge in [0, 0.05) is 11.1 Å². The van der Waals surface area contributed by atoms with E-state index in [1.807, 2.05) is 42.5 Å². The summed E-state index contributed by atoms with van der Waals surface area (Å²) in [4.78, 5) is 12.8. The van der Waals surface area contributed by atoms with Gasteiger partial charge in [0.05, 0.1) is 0 Å². The summed E-state index contributed by atoms with van der Waals surface area (Å²) in [5.41, 5.74) is 0.801. The summed E-state index contributed by atoms with van der Waals surface area (Å²) < 4.78 is 0. The van der Waals surface area contributed by atoms with Crippen LogP contribution in [0.3, 0.4) is 0 Å². The van der Waals surface area contributed by atoms with Crippen LogP contribution in [0, 0.1) is 17.8 Å². The smallest absolute Gasteiger partial charge is 0.258 e. The molecular formula is C22H24N2OS. The van der Waals surface area contributed by atoms with E-state index >= 15 is 0 Å². The summed E-state index contributed by atoms with van der Waals surface area (Å²) in [6, 6.07) is 13.8. The molecule has 0 radical (unpaired) electrons. The van der Waals surface area contributed by atoms with Crippen molar-refractivity contribution in [2.75, 3.05) is 0 Å². The van der Waals surface area contributed by atoms with Crippen LogP contribution in [-0.2, 0) is 0 Å². The highest BCUT2D eigenvalue weighted by Crippen LogP contribution is 2.55. The molecule has 0 unspecified atom stereocenters. The first-order chi connectivity index (χ1) is 12.6. The summed E-state index contributed by atoms with van der Waals surface area (Å²) >= 11 is 5.55. The second kappa shape index (κ2) is 6.05. The fraction of sp³-hybridized carbons (Fsp3) is 0.455. The number of hydrogen-bond acceptors (Lipinski definition) is 2. The van der Waals surface area contributed by atoms with Crippen LogP contribution in [0.25, 0.3) is 10.8 Å². The van der Waals surface area contributed by atoms with Crippen LogP contribution in [0.4, 0.5) is 0 Å². The molecule has 26 heavy (non-hydrogen) atoms. The zero-order chi connectivity index (χ0) is 17.7. The second-order valence-electron chi connectivity index (χ2n) is 8.63. The Labute approximate surface area is 159 Å². The van der Waals surface area contributed by atoms with Crippen LogP contribution in [0.15, 0.2) is 42.5 Å². The third kappa shape index (κ3) is 2.81. The number of rotatable bonds is 2. The average Bonchev–Trinajstić information content (AvgIpc) is 2.59. The second-order valence-corrected chi connectivity index (χ2v) is 9.04. The van der Waals surface area contributed by atoms with Gasteiger partial charge in [-0.2, -0.15) is 0 Å². The first-order valence-electron chi connectivity index (χ1n) is 9.71. The lowest BCUT2D eigenvalue weighted by atomic mass is 9.53. The van der Waals surface area contributed by atoms with Gasteiger partial charge in [0.2, 0.25) is 0 Å². The number of amides is 1. The maximum absolute atomic E-state index is 12.8. The zero-order valence-corrected chi connectivity index (χ0v) is 15.6. The molecule has 4 heteroatoms. The van der Waals surface area contributed by atoms with Crippen LogP contribution in [-0.4, -0.2) is 16.6 Å². The molecule has 0 saturated heterocycles. The molecule has 0 aromatic heterocycles. The van der Waals surface area contributed by atoms with E-state index in [2.05, 4.69) is 10.6 Å². The summed E-state index contributed by atoms with van der Waals surface area (Å²) in [6.45, 7) is 0. The molecule has 4 fully saturated rings. The largest absolute Gasteiger partial charge is 0.357 e. The van der Waals surface area contributed by atoms with E-state index in [0.29, 0.717) is 10.7 Å². The monoisotopic (exact) mass is 364 g/mol. The van der Waals surface area contributed by atoms with Crippen molar-refractivity contribution in [1.29, 1.82) is 0 Å². The third-order valence-electron chi connectivity index (χ3n) is 6.68. The molecule has 2 N–H and O–H groups in total. The highest BCUT2D eigenvalue weighted by atomic mass is 32.1. The number of carbonyl (C=O) groups is 1. The molecule has 4 aliphatic rings. The average molecular weight is 365 g/mol. The van der Waals surface area contributed by atoms with Crippen molar-refractivity contribution in [2.45, 2.75) is 44.1 Å². The molecule has 0 heterocycles. The van der Waals surface area contributed by atoms with Gasteiger partial charge in [-0.15, -0.1) is 0 Å². The Bertz CT molecular complexity index is 850. The lowest BCUT2D eigenvalue weighted by molar-refractivity contribution is -0.0101. The van der Waals surface area contributed by atoms with Gasteiger partial charge in [0.1, 0.15) is 0 Å². The van der Waals surface area contributed by atoms with E-state index in [-0.39, 0.29) is 11.4 Å². The van der Waals surface area contributed by atoms with E-state index in [0.717, 1.165) is 28.5 Å². The molecule has 2 aromatic rings. The maximum atomic E-state index is 12.8. The van der Waals surface area contributed by atoms with Gasteiger partial charge in [0.15, 0.2) is 5.11 Å². The minimum absolute atomic E-state index is 0.121. The van der Waals surface area contributed by atoms with Crippen molar-refractivity contribution < 1.29 is 4.79 Å². The predicted octanol–water partition coefficient (Wildman–Crippen LogP) is 4.41. The van der Waals surface area contributed by atoms with Gasteiger partial charge in [0.25, 0.3) is 5.91 Å². The maximum Gasteiger partial charge on any atom is 0.258 e. The van der Waals surface area contributed by atoms with Crippen molar-refractivity contribution in [1.82, 2.24) is 10.6 Å². The molecule has 0 spiro atoms. The first-order valence-corrected chi connectivity index (χ1v) is 10.1. The number of thiocarbonyl (C=S) groups is 1. The molecule has 2 aromatic carbocycles. The Hall–Kier alpha value is -1.94. The molecule has 4 aliphatic carbocycles. The zero-order valence-electron chi connectivity index (χ0n) is 14.8. The van der Waals surface area contributed by atoms with E-state index < -0.39 is 0 Å². The van der Waals surface area contributed by atoms with Crippen molar-refractivity contribution in [2.24, 2.45) is 17.8 Å². The molecule has 3 nitrogen and oxygen atoms in total. The van der Waals surface area contributed by atoms with E-state index in [4.69, 9.17) is 12.2 Å². The number of fused-ring (bicyclic) bond motifs is 1. The van der Waals surface area contributed by atoms with Gasteiger partial charge in [-0.1, -0.05) is 36.4 Å². The third-order valence-corrected chi connectivity index (χ3v) is 6.88. The Morgan fingerprint density at radius 1 is 0.923 bits per heavy atom. The van der Waals surface area contributed by atoms with E-state index in [9.17, 15) is 4.79 Å². The van der Waals surface area contributed by atoms with E-state index in [1.165, 1.54) is 38.5 Å². The number of hydrogen-bond donors (Lipinski definition) is 2. The van der Waals surface area contributed by atoms with Crippen molar-refractivity contribution in [3.8, 4) is 0 Å². The minimum atomic E-state index is -0.121. The molecule has 4 bridgehead atoms. The quantitative estimate of drug-likeness (QED) is 0.776. The van der Waals surface area contributed by atoms with E-state index in [1.54, 1.807) is 0 Å². The number of carbonyl (C=O) groups excluding carboxylic acids is 1. The van der Waals surface area contributed by atoms with Gasteiger partial charge in [-0.05, 0) is 85.3 Å². The molecular weight excluding hydrogens is 340 g/mol. The minimum Gasteiger partial charge on any atom is -0.357 e. The fourth-order valence-electron chi connectivity index (χ4n) is 6.13. The predicted molar refractivity (Wildman–Crippen MR) is 108 cm³/mol. The van der Waals surface area contributed by atoms with Gasteiger partial charge < -0.3 is 5.32 Å². The fourth-order valence-corrected chi connectivity index (χ4v) is 6.44. The Balaban J connectivity index is 1.32. The van der Waals surface area contributed by atoms with Gasteiger partial charge in [-0.25, -0.2) is 0 Å². The van der Waals surface area contributed by atoms with Gasteiger partial charge >= 0.3 is 0 Å². The highest BCUT2D eigenvalue weighted by molar-refractivity contribution is 7.80. The van der Waals surface area contributed by atoms with Gasteiger partial charge in [-0.3, -0.25) is 10.1 Å². The number of nitrogens with one attached hydrogen (secondary N) is 2. The van der Waals surface area contributed by atoms with Crippen LogP contribution < -0.4 is 10.6 Å². The van der Waals surface area contributed by atoms with Crippen molar-refractivity contribution >= 4 is 34.0 Å². The summed E-state index contributed by atoms with van der Waals surface area (Å²) in [7, 11) is 0. The van der Waals surface area contributed by atoms with Crippen LogP contribution in [0.5, 0.6) is 0 Å². The normalized spacial score (nSPS) is 31.8. The highest BCUT2D eigenvalue weighted by Gasteiger charge is 2.51. The molecule has 6 rings (SSSR count). The molecule has 0 atom stereocenters. The Morgan fingerprint density at radius 2 is 1.54 bits per heavy atom. The Kier molecular flexibility index (Phi) is 3.78.